The van der Waals surface area contributed by atoms with Crippen LogP contribution >= 0.6 is 0 Å². The Hall–Kier alpha value is -2.29. The van der Waals surface area contributed by atoms with Crippen molar-refractivity contribution in [1.82, 2.24) is 0 Å². The molecule has 116 valence electrons. The highest BCUT2D eigenvalue weighted by Gasteiger charge is 2.13. The molecule has 0 spiro atoms. The minimum absolute atomic E-state index is 0.0493. The molecule has 0 aliphatic heterocycles. The molecule has 22 heavy (non-hydrogen) atoms. The van der Waals surface area contributed by atoms with E-state index in [0.29, 0.717) is 0 Å². The minimum Gasteiger partial charge on any atom is -0.376 e. The summed E-state index contributed by atoms with van der Waals surface area (Å²) >= 11 is 0. The minimum atomic E-state index is -0.0493. The molecule has 0 heterocycles. The molecule has 0 aromatic heterocycles. The van der Waals surface area contributed by atoms with Crippen LogP contribution < -0.4 is 10.6 Å². The molecular weight excluding hydrogens is 272 g/mol. The lowest BCUT2D eigenvalue weighted by molar-refractivity contribution is -0.114. The number of rotatable bonds is 4. The van der Waals surface area contributed by atoms with Crippen LogP contribution in [0.2, 0.25) is 0 Å². The van der Waals surface area contributed by atoms with Gasteiger partial charge in [-0.05, 0) is 41.7 Å². The summed E-state index contributed by atoms with van der Waals surface area (Å²) in [6, 6.07) is 16.0. The molecule has 0 radical (unpaired) electrons. The van der Waals surface area contributed by atoms with Crippen LogP contribution in [0.5, 0.6) is 0 Å². The average molecular weight is 296 g/mol. The van der Waals surface area contributed by atoms with Crippen LogP contribution in [0, 0.1) is 6.92 Å². The van der Waals surface area contributed by atoms with Crippen LogP contribution in [0.3, 0.4) is 0 Å². The lowest BCUT2D eigenvalue weighted by Gasteiger charge is -2.19. The third kappa shape index (κ3) is 4.35. The van der Waals surface area contributed by atoms with Crippen LogP contribution in [0.4, 0.5) is 11.4 Å². The summed E-state index contributed by atoms with van der Waals surface area (Å²) in [7, 11) is 0. The van der Waals surface area contributed by atoms with Gasteiger partial charge in [-0.15, -0.1) is 0 Å². The van der Waals surface area contributed by atoms with Gasteiger partial charge in [-0.3, -0.25) is 4.79 Å². The van der Waals surface area contributed by atoms with Crippen LogP contribution in [0.15, 0.2) is 48.5 Å². The third-order valence-corrected chi connectivity index (χ3v) is 3.62. The summed E-state index contributed by atoms with van der Waals surface area (Å²) in [5.41, 5.74) is 4.31. The molecule has 0 unspecified atom stereocenters. The molecule has 1 amide bonds. The lowest BCUT2D eigenvalue weighted by Crippen LogP contribution is -2.22. The second-order valence-electron chi connectivity index (χ2n) is 6.54. The molecule has 0 bridgehead atoms. The second kappa shape index (κ2) is 6.65. The molecule has 3 nitrogen and oxygen atoms in total. The van der Waals surface area contributed by atoms with Gasteiger partial charge in [0.05, 0.1) is 6.54 Å². The van der Waals surface area contributed by atoms with Gasteiger partial charge in [-0.2, -0.15) is 0 Å². The number of carbonyl (C=O) groups excluding carboxylic acids is 1. The average Bonchev–Trinajstić information content (AvgIpc) is 2.46. The number of hydrogen-bond acceptors (Lipinski definition) is 2. The van der Waals surface area contributed by atoms with Gasteiger partial charge in [0.2, 0.25) is 5.91 Å². The summed E-state index contributed by atoms with van der Waals surface area (Å²) < 4.78 is 0. The first kappa shape index (κ1) is 16.1. The van der Waals surface area contributed by atoms with Gasteiger partial charge in [0.25, 0.3) is 0 Å². The van der Waals surface area contributed by atoms with E-state index in [4.69, 9.17) is 0 Å². The maximum Gasteiger partial charge on any atom is 0.243 e. The second-order valence-corrected chi connectivity index (χ2v) is 6.54. The topological polar surface area (TPSA) is 41.1 Å². The van der Waals surface area contributed by atoms with Crippen LogP contribution in [0.25, 0.3) is 0 Å². The van der Waals surface area contributed by atoms with Crippen molar-refractivity contribution in [2.24, 2.45) is 0 Å². The molecule has 2 rings (SSSR count). The fraction of sp³-hybridized carbons (Fsp3) is 0.316. The van der Waals surface area contributed by atoms with E-state index in [2.05, 4.69) is 43.5 Å². The van der Waals surface area contributed by atoms with Gasteiger partial charge in [-0.25, -0.2) is 0 Å². The van der Waals surface area contributed by atoms with E-state index in [1.807, 2.05) is 43.3 Å². The van der Waals surface area contributed by atoms with Crippen molar-refractivity contribution in [2.45, 2.75) is 33.1 Å². The van der Waals surface area contributed by atoms with E-state index in [0.717, 1.165) is 16.9 Å². The quantitative estimate of drug-likeness (QED) is 0.881. The van der Waals surface area contributed by atoms with Gasteiger partial charge in [-0.1, -0.05) is 51.1 Å². The van der Waals surface area contributed by atoms with Gasteiger partial charge in [0.1, 0.15) is 0 Å². The van der Waals surface area contributed by atoms with Crippen molar-refractivity contribution in [3.8, 4) is 0 Å². The van der Waals surface area contributed by atoms with E-state index in [9.17, 15) is 4.79 Å². The summed E-state index contributed by atoms with van der Waals surface area (Å²) in [6.07, 6.45) is 0. The van der Waals surface area contributed by atoms with Crippen molar-refractivity contribution in [3.63, 3.8) is 0 Å². The maximum absolute atomic E-state index is 12.0. The Labute approximate surface area is 132 Å². The zero-order valence-corrected chi connectivity index (χ0v) is 13.7. The monoisotopic (exact) mass is 296 g/mol. The van der Waals surface area contributed by atoms with Gasteiger partial charge in [0.15, 0.2) is 0 Å². The van der Waals surface area contributed by atoms with Gasteiger partial charge in [0, 0.05) is 11.4 Å². The summed E-state index contributed by atoms with van der Waals surface area (Å²) in [5, 5.41) is 6.07. The molecule has 0 aliphatic rings. The number of carbonyl (C=O) groups is 1. The number of aryl methyl sites for hydroxylation is 1. The molecule has 0 saturated carbocycles. The Balaban J connectivity index is 1.91. The van der Waals surface area contributed by atoms with Crippen molar-refractivity contribution in [2.75, 3.05) is 17.2 Å². The van der Waals surface area contributed by atoms with E-state index in [-0.39, 0.29) is 17.9 Å². The number of amides is 1. The standard InChI is InChI=1S/C19H24N2O/c1-14-7-5-6-8-17(14)20-13-18(22)21-16-11-9-15(10-12-16)19(2,3)4/h5-12,20H,13H2,1-4H3,(H,21,22). The fourth-order valence-electron chi connectivity index (χ4n) is 2.21. The zero-order chi connectivity index (χ0) is 16.2. The number of hydrogen-bond donors (Lipinski definition) is 2. The van der Waals surface area contributed by atoms with E-state index in [1.165, 1.54) is 5.56 Å². The maximum atomic E-state index is 12.0. The molecule has 2 aromatic carbocycles. The number of nitrogens with one attached hydrogen (secondary N) is 2. The van der Waals surface area contributed by atoms with Crippen molar-refractivity contribution < 1.29 is 4.79 Å². The first-order chi connectivity index (χ1) is 10.4. The van der Waals surface area contributed by atoms with Gasteiger partial charge < -0.3 is 10.6 Å². The molecule has 2 aromatic rings. The highest BCUT2D eigenvalue weighted by Crippen LogP contribution is 2.23. The normalized spacial score (nSPS) is 11.1. The Morgan fingerprint density at radius 1 is 1.00 bits per heavy atom. The summed E-state index contributed by atoms with van der Waals surface area (Å²) in [6.45, 7) is 8.80. The Kier molecular flexibility index (Phi) is 4.86. The lowest BCUT2D eigenvalue weighted by atomic mass is 9.87. The first-order valence-corrected chi connectivity index (χ1v) is 7.56. The third-order valence-electron chi connectivity index (χ3n) is 3.62. The molecule has 0 atom stereocenters. The van der Waals surface area contributed by atoms with E-state index in [1.54, 1.807) is 0 Å². The zero-order valence-electron chi connectivity index (χ0n) is 13.7. The van der Waals surface area contributed by atoms with Gasteiger partial charge >= 0.3 is 0 Å². The summed E-state index contributed by atoms with van der Waals surface area (Å²) in [4.78, 5) is 12.0. The number of para-hydroxylation sites is 1. The van der Waals surface area contributed by atoms with Crippen LogP contribution in [-0.2, 0) is 10.2 Å². The molecule has 0 saturated heterocycles. The molecule has 0 fully saturated rings. The van der Waals surface area contributed by atoms with Crippen LogP contribution in [-0.4, -0.2) is 12.5 Å². The SMILES string of the molecule is Cc1ccccc1NCC(=O)Nc1ccc(C(C)(C)C)cc1. The smallest absolute Gasteiger partial charge is 0.243 e. The Bertz CT molecular complexity index is 639. The first-order valence-electron chi connectivity index (χ1n) is 7.56. The largest absolute Gasteiger partial charge is 0.376 e. The highest BCUT2D eigenvalue weighted by atomic mass is 16.1. The predicted octanol–water partition coefficient (Wildman–Crippen LogP) is 4.34. The van der Waals surface area contributed by atoms with Crippen LogP contribution in [0.1, 0.15) is 31.9 Å². The van der Waals surface area contributed by atoms with Crippen molar-refractivity contribution >= 4 is 17.3 Å². The fourth-order valence-corrected chi connectivity index (χ4v) is 2.21. The van der Waals surface area contributed by atoms with Crippen molar-refractivity contribution in [3.05, 3.63) is 59.7 Å². The molecule has 3 heteroatoms. The Morgan fingerprint density at radius 2 is 1.64 bits per heavy atom. The number of benzene rings is 2. The van der Waals surface area contributed by atoms with E-state index < -0.39 is 0 Å². The Morgan fingerprint density at radius 3 is 2.23 bits per heavy atom. The van der Waals surface area contributed by atoms with Crippen molar-refractivity contribution in [1.29, 1.82) is 0 Å². The number of anilines is 2. The molecular formula is C19H24N2O. The highest BCUT2D eigenvalue weighted by molar-refractivity contribution is 5.93. The predicted molar refractivity (Wildman–Crippen MR) is 93.4 cm³/mol. The summed E-state index contributed by atoms with van der Waals surface area (Å²) in [5.74, 6) is -0.0493. The molecule has 2 N–H and O–H groups in total. The molecule has 0 aliphatic carbocycles. The van der Waals surface area contributed by atoms with E-state index >= 15 is 0 Å².